The van der Waals surface area contributed by atoms with E-state index in [1.54, 1.807) is 6.92 Å². The van der Waals surface area contributed by atoms with Crippen molar-refractivity contribution in [2.75, 3.05) is 25.0 Å². The first-order valence-electron chi connectivity index (χ1n) is 7.37. The second-order valence-corrected chi connectivity index (χ2v) is 6.22. The fourth-order valence-electron chi connectivity index (χ4n) is 2.98. The van der Waals surface area contributed by atoms with Crippen LogP contribution in [0.25, 0.3) is 0 Å². The lowest BCUT2D eigenvalue weighted by Crippen LogP contribution is -2.37. The molecule has 0 aromatic heterocycles. The van der Waals surface area contributed by atoms with Gasteiger partial charge in [0.1, 0.15) is 0 Å². The monoisotopic (exact) mass is 273 g/mol. The van der Waals surface area contributed by atoms with E-state index in [4.69, 9.17) is 5.73 Å². The Morgan fingerprint density at radius 1 is 1.35 bits per heavy atom. The Morgan fingerprint density at radius 3 is 2.55 bits per heavy atom. The maximum Gasteiger partial charge on any atom is 0.219 e. The second-order valence-electron chi connectivity index (χ2n) is 6.22. The molecule has 4 nitrogen and oxygen atoms in total. The Bertz CT molecular complexity index is 507. The summed E-state index contributed by atoms with van der Waals surface area (Å²) in [5.74, 6) is 0.144. The van der Waals surface area contributed by atoms with Gasteiger partial charge in [-0.1, -0.05) is 12.1 Å². The predicted octanol–water partition coefficient (Wildman–Crippen LogP) is 1.69. The van der Waals surface area contributed by atoms with E-state index in [1.807, 2.05) is 11.9 Å². The second kappa shape index (κ2) is 4.77. The summed E-state index contributed by atoms with van der Waals surface area (Å²) in [7, 11) is 1.89. The number of amides is 1. The van der Waals surface area contributed by atoms with Crippen molar-refractivity contribution >= 4 is 11.6 Å². The largest absolute Gasteiger partial charge is 0.369 e. The summed E-state index contributed by atoms with van der Waals surface area (Å²) in [5.41, 5.74) is 8.64. The summed E-state index contributed by atoms with van der Waals surface area (Å²) < 4.78 is 0. The standard InChI is InChI=1S/C16H23N3O/c1-12(20)18(2)15-7-10-19(11-15)14-5-3-13(4-6-14)16(17)8-9-16/h3-6,15H,7-11,17H2,1-2H3. The molecule has 1 saturated carbocycles. The molecule has 3 rings (SSSR count). The number of likely N-dealkylation sites (N-methyl/N-ethyl adjacent to an activating group) is 1. The van der Waals surface area contributed by atoms with Crippen LogP contribution in [0.5, 0.6) is 0 Å². The summed E-state index contributed by atoms with van der Waals surface area (Å²) in [4.78, 5) is 15.6. The number of hydrogen-bond acceptors (Lipinski definition) is 3. The van der Waals surface area contributed by atoms with E-state index < -0.39 is 0 Å². The van der Waals surface area contributed by atoms with Gasteiger partial charge in [0.2, 0.25) is 5.91 Å². The van der Waals surface area contributed by atoms with Crippen LogP contribution >= 0.6 is 0 Å². The lowest BCUT2D eigenvalue weighted by atomic mass is 10.1. The van der Waals surface area contributed by atoms with Crippen molar-refractivity contribution in [1.82, 2.24) is 4.90 Å². The van der Waals surface area contributed by atoms with Crippen molar-refractivity contribution in [2.45, 2.75) is 37.8 Å². The highest BCUT2D eigenvalue weighted by Crippen LogP contribution is 2.43. The van der Waals surface area contributed by atoms with Crippen LogP contribution < -0.4 is 10.6 Å². The lowest BCUT2D eigenvalue weighted by molar-refractivity contribution is -0.129. The van der Waals surface area contributed by atoms with Crippen molar-refractivity contribution in [2.24, 2.45) is 5.73 Å². The van der Waals surface area contributed by atoms with Gasteiger partial charge in [0.25, 0.3) is 0 Å². The summed E-state index contributed by atoms with van der Waals surface area (Å²) in [6.45, 7) is 3.56. The van der Waals surface area contributed by atoms with Gasteiger partial charge in [-0.2, -0.15) is 0 Å². The number of carbonyl (C=O) groups excluding carboxylic acids is 1. The number of anilines is 1. The van der Waals surface area contributed by atoms with Crippen molar-refractivity contribution in [1.29, 1.82) is 0 Å². The van der Waals surface area contributed by atoms with Crippen molar-refractivity contribution in [3.05, 3.63) is 29.8 Å². The zero-order chi connectivity index (χ0) is 14.3. The fraction of sp³-hybridized carbons (Fsp3) is 0.562. The maximum absolute atomic E-state index is 11.4. The Labute approximate surface area is 120 Å². The van der Waals surface area contributed by atoms with E-state index >= 15 is 0 Å². The van der Waals surface area contributed by atoms with Gasteiger partial charge in [-0.25, -0.2) is 0 Å². The van der Waals surface area contributed by atoms with Crippen LogP contribution in [-0.4, -0.2) is 37.0 Å². The van der Waals surface area contributed by atoms with Gasteiger partial charge < -0.3 is 15.5 Å². The van der Waals surface area contributed by atoms with Crippen LogP contribution in [0.15, 0.2) is 24.3 Å². The average Bonchev–Trinajstić information content (AvgIpc) is 3.02. The van der Waals surface area contributed by atoms with Crippen LogP contribution in [-0.2, 0) is 10.3 Å². The molecule has 20 heavy (non-hydrogen) atoms. The molecule has 1 aliphatic carbocycles. The topological polar surface area (TPSA) is 49.6 Å². The number of nitrogens with zero attached hydrogens (tertiary/aromatic N) is 2. The minimum Gasteiger partial charge on any atom is -0.369 e. The molecule has 1 aromatic carbocycles. The van der Waals surface area contributed by atoms with Gasteiger partial charge in [0.15, 0.2) is 0 Å². The number of rotatable bonds is 3. The Hall–Kier alpha value is -1.55. The molecule has 1 amide bonds. The number of carbonyl (C=O) groups is 1. The van der Waals surface area contributed by atoms with Gasteiger partial charge in [0.05, 0.1) is 6.04 Å². The highest BCUT2D eigenvalue weighted by atomic mass is 16.2. The van der Waals surface area contributed by atoms with E-state index in [1.165, 1.54) is 11.3 Å². The van der Waals surface area contributed by atoms with E-state index in [0.717, 1.165) is 32.4 Å². The summed E-state index contributed by atoms with van der Waals surface area (Å²) in [5, 5.41) is 0. The molecule has 1 heterocycles. The van der Waals surface area contributed by atoms with Gasteiger partial charge in [-0.3, -0.25) is 4.79 Å². The summed E-state index contributed by atoms with van der Waals surface area (Å²) in [6.07, 6.45) is 3.24. The van der Waals surface area contributed by atoms with Crippen LogP contribution in [0.3, 0.4) is 0 Å². The molecule has 1 saturated heterocycles. The van der Waals surface area contributed by atoms with Crippen LogP contribution in [0.1, 0.15) is 31.7 Å². The van der Waals surface area contributed by atoms with E-state index in [0.29, 0.717) is 6.04 Å². The number of benzene rings is 1. The van der Waals surface area contributed by atoms with E-state index in [2.05, 4.69) is 29.2 Å². The SMILES string of the molecule is CC(=O)N(C)C1CCN(c2ccc(C3(N)CC3)cc2)C1. The van der Waals surface area contributed by atoms with Crippen LogP contribution in [0.4, 0.5) is 5.69 Å². The molecular weight excluding hydrogens is 250 g/mol. The molecule has 0 bridgehead atoms. The fourth-order valence-corrected chi connectivity index (χ4v) is 2.98. The minimum absolute atomic E-state index is 0.0546. The van der Waals surface area contributed by atoms with E-state index in [9.17, 15) is 4.79 Å². The molecule has 2 aliphatic rings. The lowest BCUT2D eigenvalue weighted by Gasteiger charge is -2.24. The molecule has 1 aromatic rings. The van der Waals surface area contributed by atoms with Crippen LogP contribution in [0, 0.1) is 0 Å². The van der Waals surface area contributed by atoms with E-state index in [-0.39, 0.29) is 11.4 Å². The number of nitrogens with two attached hydrogens (primary N) is 1. The van der Waals surface area contributed by atoms with Gasteiger partial charge in [-0.15, -0.1) is 0 Å². The van der Waals surface area contributed by atoms with Crippen LogP contribution in [0.2, 0.25) is 0 Å². The zero-order valence-electron chi connectivity index (χ0n) is 12.3. The summed E-state index contributed by atoms with van der Waals surface area (Å²) >= 11 is 0. The molecule has 2 fully saturated rings. The Balaban J connectivity index is 1.67. The highest BCUT2D eigenvalue weighted by Gasteiger charge is 2.39. The minimum atomic E-state index is -0.0546. The predicted molar refractivity (Wildman–Crippen MR) is 80.6 cm³/mol. The first-order valence-corrected chi connectivity index (χ1v) is 7.37. The molecule has 0 spiro atoms. The van der Waals surface area contributed by atoms with Crippen molar-refractivity contribution in [3.8, 4) is 0 Å². The summed E-state index contributed by atoms with van der Waals surface area (Å²) in [6, 6.07) is 8.97. The average molecular weight is 273 g/mol. The molecular formula is C16H23N3O. The Kier molecular flexibility index (Phi) is 3.21. The molecule has 1 atom stereocenters. The van der Waals surface area contributed by atoms with Crippen molar-refractivity contribution < 1.29 is 4.79 Å². The number of hydrogen-bond donors (Lipinski definition) is 1. The van der Waals surface area contributed by atoms with Gasteiger partial charge >= 0.3 is 0 Å². The Morgan fingerprint density at radius 2 is 2.00 bits per heavy atom. The molecule has 4 heteroatoms. The quantitative estimate of drug-likeness (QED) is 0.912. The first kappa shape index (κ1) is 13.4. The smallest absolute Gasteiger partial charge is 0.219 e. The maximum atomic E-state index is 11.4. The third-order valence-corrected chi connectivity index (χ3v) is 4.80. The molecule has 1 aliphatic heterocycles. The first-order chi connectivity index (χ1) is 9.49. The molecule has 0 radical (unpaired) electrons. The highest BCUT2D eigenvalue weighted by molar-refractivity contribution is 5.73. The van der Waals surface area contributed by atoms with Gasteiger partial charge in [-0.05, 0) is 37.0 Å². The van der Waals surface area contributed by atoms with Crippen molar-refractivity contribution in [3.63, 3.8) is 0 Å². The molecule has 108 valence electrons. The van der Waals surface area contributed by atoms with Gasteiger partial charge in [0, 0.05) is 38.3 Å². The normalized spacial score (nSPS) is 23.8. The molecule has 1 unspecified atom stereocenters. The molecule has 2 N–H and O–H groups in total. The zero-order valence-corrected chi connectivity index (χ0v) is 12.3. The third-order valence-electron chi connectivity index (χ3n) is 4.80. The third kappa shape index (κ3) is 2.40.